The van der Waals surface area contributed by atoms with Crippen molar-refractivity contribution in [1.29, 1.82) is 0 Å². The summed E-state index contributed by atoms with van der Waals surface area (Å²) in [6, 6.07) is 14.3. The van der Waals surface area contributed by atoms with E-state index in [2.05, 4.69) is 32.7 Å². The number of azo groups is 2. The second-order valence-corrected chi connectivity index (χ2v) is 17.7. The third-order valence-corrected chi connectivity index (χ3v) is 11.9. The Morgan fingerprint density at radius 3 is 2.03 bits per heavy atom. The quantitative estimate of drug-likeness (QED) is 0.0273. The molecule has 0 bridgehead atoms. The molecule has 17 nitrogen and oxygen atoms in total. The minimum absolute atomic E-state index is 0.0379. The number of phenolic OH excluding ortho intramolecular Hbond substituents is 1. The maximum atomic E-state index is 12.5. The number of hydrogen-bond donors (Lipinski definition) is 6. The highest BCUT2D eigenvalue weighted by atomic mass is 32.2. The fraction of sp³-hybridized carbons (Fsp3) is 0.316. The molecule has 0 radical (unpaired) electrons. The number of fused-ring (bicyclic) bond motifs is 2. The van der Waals surface area contributed by atoms with Gasteiger partial charge >= 0.3 is 0 Å². The van der Waals surface area contributed by atoms with Crippen molar-refractivity contribution >= 4 is 80.3 Å². The Hall–Kier alpha value is -5.09. The van der Waals surface area contributed by atoms with Gasteiger partial charge in [-0.05, 0) is 72.8 Å². The van der Waals surface area contributed by atoms with Gasteiger partial charge in [0.1, 0.15) is 31.8 Å². The van der Waals surface area contributed by atoms with Gasteiger partial charge in [0.25, 0.3) is 30.4 Å². The van der Waals surface area contributed by atoms with Gasteiger partial charge in [-0.2, -0.15) is 35.5 Å². The van der Waals surface area contributed by atoms with Crippen LogP contribution in [0.5, 0.6) is 11.5 Å². The van der Waals surface area contributed by atoms with E-state index in [1.807, 2.05) is 0 Å². The smallest absolute Gasteiger partial charge is 0.296 e. The lowest BCUT2D eigenvalue weighted by Gasteiger charge is -2.14. The summed E-state index contributed by atoms with van der Waals surface area (Å²) in [7, 11) is -13.4. The molecule has 0 aliphatic rings. The van der Waals surface area contributed by atoms with Crippen LogP contribution in [0.25, 0.3) is 21.5 Å². The molecule has 20 heteroatoms. The summed E-state index contributed by atoms with van der Waals surface area (Å²) < 4.78 is 109. The molecule has 0 saturated heterocycles. The molecule has 1 unspecified atom stereocenters. The predicted octanol–water partition coefficient (Wildman–Crippen LogP) is 9.11. The number of ether oxygens (including phenoxy) is 1. The van der Waals surface area contributed by atoms with E-state index in [4.69, 9.17) is 4.74 Å². The van der Waals surface area contributed by atoms with Gasteiger partial charge < -0.3 is 20.3 Å². The normalized spacial score (nSPS) is 13.2. The van der Waals surface area contributed by atoms with E-state index in [0.29, 0.717) is 17.7 Å². The molecule has 0 aliphatic heterocycles. The number of anilines is 1. The first-order valence-corrected chi connectivity index (χ1v) is 22.4. The standard InChI is InChI=1S/C38H43N5O12S3/c1-4-5-6-7-8-9-11-27(44)22-39-25-14-15-28-24(17-25)18-36(58(52,53)54)37(38(28)45)43-42-32-16-23(2)31(21-33(32)55-3)41-40-26-19-30-29(35(20-26)57(49,50)51)12-10-13-34(30)56(46,47)48/h10,12-21,27,39,44-45H,4-9,11,22H2,1-3H3,(H,46,47,48)(H,49,50,51)(H,52,53,54). The molecule has 1 atom stereocenters. The first kappa shape index (κ1) is 44.0. The minimum atomic E-state index is -4.94. The van der Waals surface area contributed by atoms with E-state index in [1.165, 1.54) is 50.3 Å². The predicted molar refractivity (Wildman–Crippen MR) is 218 cm³/mol. The van der Waals surface area contributed by atoms with E-state index in [0.717, 1.165) is 49.9 Å². The molecule has 5 aromatic carbocycles. The van der Waals surface area contributed by atoms with E-state index >= 15 is 0 Å². The van der Waals surface area contributed by atoms with Gasteiger partial charge in [0, 0.05) is 34.5 Å². The van der Waals surface area contributed by atoms with Gasteiger partial charge in [0.15, 0.2) is 5.75 Å². The van der Waals surface area contributed by atoms with Gasteiger partial charge in [0.05, 0.1) is 24.6 Å². The molecule has 0 saturated carbocycles. The summed E-state index contributed by atoms with van der Waals surface area (Å²) in [5.74, 6) is -0.543. The topological polar surface area (TPSA) is 274 Å². The van der Waals surface area contributed by atoms with Crippen LogP contribution in [-0.4, -0.2) is 68.9 Å². The van der Waals surface area contributed by atoms with Gasteiger partial charge in [-0.15, -0.1) is 10.2 Å². The Morgan fingerprint density at radius 1 is 0.690 bits per heavy atom. The largest absolute Gasteiger partial charge is 0.505 e. The van der Waals surface area contributed by atoms with Crippen molar-refractivity contribution in [2.45, 2.75) is 79.6 Å². The number of nitrogens with one attached hydrogen (secondary N) is 1. The van der Waals surface area contributed by atoms with Crippen LogP contribution >= 0.6 is 0 Å². The van der Waals surface area contributed by atoms with Crippen molar-refractivity contribution in [2.24, 2.45) is 20.5 Å². The van der Waals surface area contributed by atoms with E-state index in [9.17, 15) is 49.1 Å². The molecular formula is C38H43N5O12S3. The zero-order chi connectivity index (χ0) is 42.4. The lowest BCUT2D eigenvalue weighted by Crippen LogP contribution is -2.19. The summed E-state index contributed by atoms with van der Waals surface area (Å²) in [5.41, 5.74) is 0.373. The molecule has 310 valence electrons. The molecule has 0 aromatic heterocycles. The Balaban J connectivity index is 1.43. The number of hydrogen-bond acceptors (Lipinski definition) is 14. The fourth-order valence-electron chi connectivity index (χ4n) is 6.29. The van der Waals surface area contributed by atoms with Crippen LogP contribution in [0.2, 0.25) is 0 Å². The van der Waals surface area contributed by atoms with Crippen LogP contribution in [-0.2, 0) is 30.4 Å². The fourth-order valence-corrected chi connectivity index (χ4v) is 8.37. The second-order valence-electron chi connectivity index (χ2n) is 13.5. The van der Waals surface area contributed by atoms with E-state index in [-0.39, 0.29) is 50.9 Å². The molecule has 0 heterocycles. The van der Waals surface area contributed by atoms with Crippen molar-refractivity contribution in [1.82, 2.24) is 0 Å². The Bertz CT molecular complexity index is 2740. The molecule has 6 N–H and O–H groups in total. The average Bonchev–Trinajstić information content (AvgIpc) is 3.15. The van der Waals surface area contributed by atoms with Crippen LogP contribution < -0.4 is 10.1 Å². The summed E-state index contributed by atoms with van der Waals surface area (Å²) in [6.45, 7) is 3.99. The number of aromatic hydroxyl groups is 1. The lowest BCUT2D eigenvalue weighted by molar-refractivity contribution is 0.173. The number of aliphatic hydroxyl groups excluding tert-OH is 1. The number of aryl methyl sites for hydroxylation is 1. The number of methoxy groups -OCH3 is 1. The van der Waals surface area contributed by atoms with Gasteiger partial charge in [-0.1, -0.05) is 57.6 Å². The molecule has 0 spiro atoms. The zero-order valence-electron chi connectivity index (χ0n) is 31.7. The van der Waals surface area contributed by atoms with Crippen LogP contribution in [0, 0.1) is 6.92 Å². The SMILES string of the molecule is CCCCCCCCC(O)CNc1ccc2c(O)c(N=Nc3cc(C)c(N=Nc4cc(S(=O)(=O)O)c5cccc(S(=O)(=O)O)c5c4)cc3OC)c(S(=O)(=O)O)cc2c1. The average molecular weight is 858 g/mol. The third-order valence-electron chi connectivity index (χ3n) is 9.25. The first-order valence-electron chi connectivity index (χ1n) is 18.0. The van der Waals surface area contributed by atoms with Crippen LogP contribution in [0.3, 0.4) is 0 Å². The van der Waals surface area contributed by atoms with Crippen molar-refractivity contribution < 1.29 is 53.9 Å². The van der Waals surface area contributed by atoms with Crippen molar-refractivity contribution in [3.8, 4) is 11.5 Å². The van der Waals surface area contributed by atoms with E-state index in [1.54, 1.807) is 19.1 Å². The molecular weight excluding hydrogens is 815 g/mol. The highest BCUT2D eigenvalue weighted by molar-refractivity contribution is 7.86. The Kier molecular flexibility index (Phi) is 13.8. The monoisotopic (exact) mass is 857 g/mol. The molecule has 0 amide bonds. The summed E-state index contributed by atoms with van der Waals surface area (Å²) in [5, 5.41) is 41.1. The maximum Gasteiger partial charge on any atom is 0.296 e. The number of benzene rings is 5. The number of phenols is 1. The van der Waals surface area contributed by atoms with Crippen LogP contribution in [0.1, 0.15) is 57.4 Å². The van der Waals surface area contributed by atoms with Gasteiger partial charge in [-0.25, -0.2) is 0 Å². The number of unbranched alkanes of at least 4 members (excludes halogenated alkanes) is 5. The Labute approximate surface area is 335 Å². The lowest BCUT2D eigenvalue weighted by atomic mass is 10.1. The summed E-state index contributed by atoms with van der Waals surface area (Å²) >= 11 is 0. The summed E-state index contributed by atoms with van der Waals surface area (Å²) in [4.78, 5) is -2.03. The van der Waals surface area contributed by atoms with Crippen molar-refractivity contribution in [2.75, 3.05) is 19.0 Å². The number of aliphatic hydroxyl groups is 1. The maximum absolute atomic E-state index is 12.5. The second kappa shape index (κ2) is 18.2. The molecule has 5 aromatic rings. The van der Waals surface area contributed by atoms with Gasteiger partial charge in [-0.3, -0.25) is 13.7 Å². The minimum Gasteiger partial charge on any atom is -0.505 e. The van der Waals surface area contributed by atoms with Crippen LogP contribution in [0.15, 0.2) is 102 Å². The molecule has 58 heavy (non-hydrogen) atoms. The van der Waals surface area contributed by atoms with Crippen molar-refractivity contribution in [3.63, 3.8) is 0 Å². The first-order chi connectivity index (χ1) is 27.3. The molecule has 0 fully saturated rings. The number of nitrogens with zero attached hydrogens (tertiary/aromatic N) is 4. The third kappa shape index (κ3) is 10.7. The van der Waals surface area contributed by atoms with Crippen molar-refractivity contribution in [3.05, 3.63) is 72.3 Å². The molecule has 0 aliphatic carbocycles. The summed E-state index contributed by atoms with van der Waals surface area (Å²) in [6.07, 6.45) is 6.62. The van der Waals surface area contributed by atoms with E-state index < -0.39 is 62.6 Å². The highest BCUT2D eigenvalue weighted by Crippen LogP contribution is 2.44. The van der Waals surface area contributed by atoms with Gasteiger partial charge in [0.2, 0.25) is 0 Å². The zero-order valence-corrected chi connectivity index (χ0v) is 34.1. The Morgan fingerprint density at radius 2 is 1.36 bits per heavy atom. The highest BCUT2D eigenvalue weighted by Gasteiger charge is 2.24. The molecule has 5 rings (SSSR count). The van der Waals surface area contributed by atoms with Crippen LogP contribution in [0.4, 0.5) is 28.4 Å². The number of rotatable bonds is 18.